The van der Waals surface area contributed by atoms with Crippen LogP contribution in [-0.4, -0.2) is 49.1 Å². The first kappa shape index (κ1) is 14.7. The number of nitrogens with zero attached hydrogens (tertiary/aromatic N) is 2. The van der Waals surface area contributed by atoms with Crippen LogP contribution in [0.2, 0.25) is 0 Å². The highest BCUT2D eigenvalue weighted by atomic mass is 16.5. The Morgan fingerprint density at radius 3 is 2.64 bits per heavy atom. The standard InChI is InChI=1S/C16H21N3O3/c1-2-22-14-7-5-13(6-8-14)19-10-9-18(16(19)21)11-15(20)17-12-3-4-12/h5-8,12H,2-4,9-11H2,1H3,(H,17,20). The maximum atomic E-state index is 12.4. The van der Waals surface area contributed by atoms with Crippen LogP contribution >= 0.6 is 0 Å². The van der Waals surface area contributed by atoms with Gasteiger partial charge < -0.3 is 15.0 Å². The summed E-state index contributed by atoms with van der Waals surface area (Å²) in [6, 6.07) is 7.67. The van der Waals surface area contributed by atoms with Gasteiger partial charge in [-0.1, -0.05) is 0 Å². The molecule has 1 heterocycles. The molecule has 6 nitrogen and oxygen atoms in total. The zero-order valence-electron chi connectivity index (χ0n) is 12.7. The molecular weight excluding hydrogens is 282 g/mol. The molecule has 1 saturated heterocycles. The minimum absolute atomic E-state index is 0.0654. The van der Waals surface area contributed by atoms with E-state index in [2.05, 4.69) is 5.32 Å². The highest BCUT2D eigenvalue weighted by Gasteiger charge is 2.32. The molecule has 1 aromatic rings. The van der Waals surface area contributed by atoms with Crippen molar-refractivity contribution >= 4 is 17.6 Å². The molecule has 22 heavy (non-hydrogen) atoms. The number of carbonyl (C=O) groups is 2. The number of hydrogen-bond donors (Lipinski definition) is 1. The first-order valence-corrected chi connectivity index (χ1v) is 7.76. The third kappa shape index (κ3) is 3.32. The Morgan fingerprint density at radius 1 is 1.27 bits per heavy atom. The minimum Gasteiger partial charge on any atom is -0.494 e. The summed E-state index contributed by atoms with van der Waals surface area (Å²) in [5.74, 6) is 0.725. The van der Waals surface area contributed by atoms with Crippen molar-refractivity contribution in [3.05, 3.63) is 24.3 Å². The van der Waals surface area contributed by atoms with Crippen molar-refractivity contribution in [2.24, 2.45) is 0 Å². The van der Waals surface area contributed by atoms with Gasteiger partial charge in [-0.2, -0.15) is 0 Å². The number of benzene rings is 1. The first-order valence-electron chi connectivity index (χ1n) is 7.76. The molecule has 3 rings (SSSR count). The summed E-state index contributed by atoms with van der Waals surface area (Å²) in [5.41, 5.74) is 0.832. The van der Waals surface area contributed by atoms with Crippen LogP contribution in [0.5, 0.6) is 5.75 Å². The third-order valence-corrected chi connectivity index (χ3v) is 3.83. The highest BCUT2D eigenvalue weighted by Crippen LogP contribution is 2.23. The fourth-order valence-electron chi connectivity index (χ4n) is 2.53. The van der Waals surface area contributed by atoms with E-state index in [1.54, 1.807) is 9.80 Å². The van der Waals surface area contributed by atoms with E-state index in [0.717, 1.165) is 24.3 Å². The molecule has 3 amide bonds. The van der Waals surface area contributed by atoms with Crippen molar-refractivity contribution < 1.29 is 14.3 Å². The van der Waals surface area contributed by atoms with Gasteiger partial charge in [0, 0.05) is 24.8 Å². The molecule has 6 heteroatoms. The average Bonchev–Trinajstić information content (AvgIpc) is 3.25. The van der Waals surface area contributed by atoms with Crippen molar-refractivity contribution in [3.63, 3.8) is 0 Å². The van der Waals surface area contributed by atoms with Gasteiger partial charge in [0.15, 0.2) is 0 Å². The van der Waals surface area contributed by atoms with Crippen molar-refractivity contribution in [1.29, 1.82) is 0 Å². The van der Waals surface area contributed by atoms with Gasteiger partial charge in [-0.05, 0) is 44.0 Å². The molecular formula is C16H21N3O3. The molecule has 1 saturated carbocycles. The summed E-state index contributed by atoms with van der Waals surface area (Å²) < 4.78 is 5.40. The van der Waals surface area contributed by atoms with Crippen LogP contribution in [0.3, 0.4) is 0 Å². The number of urea groups is 1. The van der Waals surface area contributed by atoms with Crippen LogP contribution in [0.25, 0.3) is 0 Å². The molecule has 0 radical (unpaired) electrons. The van der Waals surface area contributed by atoms with Crippen LogP contribution in [0.1, 0.15) is 19.8 Å². The maximum Gasteiger partial charge on any atom is 0.325 e. The summed E-state index contributed by atoms with van der Waals surface area (Å²) in [6.07, 6.45) is 2.11. The Hall–Kier alpha value is -2.24. The average molecular weight is 303 g/mol. The lowest BCUT2D eigenvalue weighted by atomic mass is 10.3. The zero-order chi connectivity index (χ0) is 15.5. The largest absolute Gasteiger partial charge is 0.494 e. The Bertz CT molecular complexity index is 554. The summed E-state index contributed by atoms with van der Waals surface area (Å²) in [6.45, 7) is 3.87. The lowest BCUT2D eigenvalue weighted by Gasteiger charge is -2.18. The molecule has 0 atom stereocenters. The summed E-state index contributed by atoms with van der Waals surface area (Å²) in [7, 11) is 0. The van der Waals surface area contributed by atoms with Crippen molar-refractivity contribution in [2.75, 3.05) is 31.1 Å². The zero-order valence-corrected chi connectivity index (χ0v) is 12.7. The van der Waals surface area contributed by atoms with Crippen molar-refractivity contribution in [3.8, 4) is 5.75 Å². The smallest absolute Gasteiger partial charge is 0.325 e. The number of ether oxygens (including phenoxy) is 1. The summed E-state index contributed by atoms with van der Waals surface area (Å²) in [4.78, 5) is 27.5. The van der Waals surface area contributed by atoms with E-state index in [1.807, 2.05) is 31.2 Å². The van der Waals surface area contributed by atoms with Crippen molar-refractivity contribution in [1.82, 2.24) is 10.2 Å². The normalized spacial score (nSPS) is 17.8. The van der Waals surface area contributed by atoms with Gasteiger partial charge in [0.1, 0.15) is 12.3 Å². The molecule has 1 aromatic carbocycles. The number of hydrogen-bond acceptors (Lipinski definition) is 3. The van der Waals surface area contributed by atoms with E-state index in [-0.39, 0.29) is 18.5 Å². The monoisotopic (exact) mass is 303 g/mol. The lowest BCUT2D eigenvalue weighted by molar-refractivity contribution is -0.121. The molecule has 0 aromatic heterocycles. The van der Waals surface area contributed by atoms with E-state index >= 15 is 0 Å². The van der Waals surface area contributed by atoms with Crippen LogP contribution in [0.4, 0.5) is 10.5 Å². The first-order chi connectivity index (χ1) is 10.7. The van der Waals surface area contributed by atoms with E-state index in [0.29, 0.717) is 25.7 Å². The van der Waals surface area contributed by atoms with Gasteiger partial charge in [-0.3, -0.25) is 9.69 Å². The molecule has 1 aliphatic heterocycles. The highest BCUT2D eigenvalue weighted by molar-refractivity contribution is 5.96. The molecule has 0 bridgehead atoms. The van der Waals surface area contributed by atoms with Gasteiger partial charge >= 0.3 is 6.03 Å². The number of rotatable bonds is 6. The van der Waals surface area contributed by atoms with Crippen LogP contribution < -0.4 is 15.0 Å². The third-order valence-electron chi connectivity index (χ3n) is 3.83. The summed E-state index contributed by atoms with van der Waals surface area (Å²) in [5, 5.41) is 2.91. The van der Waals surface area contributed by atoms with Crippen LogP contribution in [0, 0.1) is 0 Å². The topological polar surface area (TPSA) is 61.9 Å². The van der Waals surface area contributed by atoms with Gasteiger partial charge in [0.25, 0.3) is 0 Å². The fourth-order valence-corrected chi connectivity index (χ4v) is 2.53. The quantitative estimate of drug-likeness (QED) is 0.868. The second kappa shape index (κ2) is 6.25. The number of amides is 3. The van der Waals surface area contributed by atoms with E-state index in [4.69, 9.17) is 4.74 Å². The number of anilines is 1. The van der Waals surface area contributed by atoms with Crippen molar-refractivity contribution in [2.45, 2.75) is 25.8 Å². The molecule has 1 aliphatic carbocycles. The maximum absolute atomic E-state index is 12.4. The lowest BCUT2D eigenvalue weighted by Crippen LogP contribution is -2.40. The second-order valence-corrected chi connectivity index (χ2v) is 5.62. The molecule has 0 spiro atoms. The van der Waals surface area contributed by atoms with Crippen LogP contribution in [-0.2, 0) is 4.79 Å². The predicted octanol–water partition coefficient (Wildman–Crippen LogP) is 1.61. The number of nitrogens with one attached hydrogen (secondary N) is 1. The molecule has 2 aliphatic rings. The van der Waals surface area contributed by atoms with Gasteiger partial charge in [0.2, 0.25) is 5.91 Å². The van der Waals surface area contributed by atoms with Gasteiger partial charge in [-0.15, -0.1) is 0 Å². The Labute approximate surface area is 130 Å². The Balaban J connectivity index is 1.58. The van der Waals surface area contributed by atoms with E-state index in [9.17, 15) is 9.59 Å². The Morgan fingerprint density at radius 2 is 2.00 bits per heavy atom. The molecule has 2 fully saturated rings. The SMILES string of the molecule is CCOc1ccc(N2CCN(CC(=O)NC3CC3)C2=O)cc1. The second-order valence-electron chi connectivity index (χ2n) is 5.62. The molecule has 0 unspecified atom stereocenters. The van der Waals surface area contributed by atoms with E-state index < -0.39 is 0 Å². The van der Waals surface area contributed by atoms with Gasteiger partial charge in [0.05, 0.1) is 6.61 Å². The summed E-state index contributed by atoms with van der Waals surface area (Å²) >= 11 is 0. The molecule has 1 N–H and O–H groups in total. The predicted molar refractivity (Wildman–Crippen MR) is 83.1 cm³/mol. The molecule has 118 valence electrons. The Kier molecular flexibility index (Phi) is 4.18. The minimum atomic E-state index is -0.116. The van der Waals surface area contributed by atoms with Gasteiger partial charge in [-0.25, -0.2) is 4.79 Å². The fraction of sp³-hybridized carbons (Fsp3) is 0.500. The van der Waals surface area contributed by atoms with Crippen LogP contribution in [0.15, 0.2) is 24.3 Å². The van der Waals surface area contributed by atoms with E-state index in [1.165, 1.54) is 0 Å². The number of carbonyl (C=O) groups excluding carboxylic acids is 2.